The van der Waals surface area contributed by atoms with E-state index in [-0.39, 0.29) is 18.4 Å². The molecule has 7 heteroatoms. The van der Waals surface area contributed by atoms with Crippen molar-refractivity contribution in [3.05, 3.63) is 65.7 Å². The molecule has 4 amide bonds. The summed E-state index contributed by atoms with van der Waals surface area (Å²) in [7, 11) is 0. The summed E-state index contributed by atoms with van der Waals surface area (Å²) >= 11 is 0. The van der Waals surface area contributed by atoms with Crippen LogP contribution in [0.3, 0.4) is 0 Å². The minimum absolute atomic E-state index is 0.108. The number of nitrogens with two attached hydrogens (primary N) is 1. The molecule has 2 aromatic rings. The topological polar surface area (TPSA) is 113 Å². The number of carbonyl (C=O) groups is 3. The van der Waals surface area contributed by atoms with Gasteiger partial charge in [-0.2, -0.15) is 0 Å². The van der Waals surface area contributed by atoms with E-state index < -0.39 is 18.0 Å². The molecule has 0 heterocycles. The second-order valence-electron chi connectivity index (χ2n) is 6.47. The molecule has 0 bridgehead atoms. The van der Waals surface area contributed by atoms with Crippen LogP contribution in [0.2, 0.25) is 0 Å². The van der Waals surface area contributed by atoms with Crippen LogP contribution in [0.25, 0.3) is 0 Å². The van der Waals surface area contributed by atoms with Crippen LogP contribution in [0.4, 0.5) is 10.5 Å². The predicted octanol–water partition coefficient (Wildman–Crippen LogP) is 2.25. The zero-order valence-electron chi connectivity index (χ0n) is 15.4. The Labute approximate surface area is 158 Å². The number of hydrogen-bond acceptors (Lipinski definition) is 3. The predicted molar refractivity (Wildman–Crippen MR) is 104 cm³/mol. The third-order valence-corrected chi connectivity index (χ3v) is 3.95. The number of anilines is 1. The van der Waals surface area contributed by atoms with Gasteiger partial charge >= 0.3 is 6.03 Å². The van der Waals surface area contributed by atoms with Crippen LogP contribution in [0, 0.1) is 5.92 Å². The van der Waals surface area contributed by atoms with Crippen LogP contribution in [-0.2, 0) is 11.3 Å². The summed E-state index contributed by atoms with van der Waals surface area (Å²) in [4.78, 5) is 35.9. The number of urea groups is 1. The molecule has 142 valence electrons. The molecule has 1 unspecified atom stereocenters. The van der Waals surface area contributed by atoms with E-state index in [9.17, 15) is 14.4 Å². The van der Waals surface area contributed by atoms with Gasteiger partial charge in [-0.1, -0.05) is 44.2 Å². The molecule has 0 aliphatic carbocycles. The van der Waals surface area contributed by atoms with Crippen molar-refractivity contribution >= 4 is 23.5 Å². The highest BCUT2D eigenvalue weighted by Gasteiger charge is 2.24. The molecular weight excluding hydrogens is 344 g/mol. The molecule has 1 atom stereocenters. The SMILES string of the molecule is CC(C)C(NC(=O)Nc1ccccc1)C(=O)NCc1cccc(C(N)=O)c1. The highest BCUT2D eigenvalue weighted by atomic mass is 16.2. The van der Waals surface area contributed by atoms with E-state index >= 15 is 0 Å². The van der Waals surface area contributed by atoms with E-state index in [0.717, 1.165) is 5.56 Å². The lowest BCUT2D eigenvalue weighted by atomic mass is 10.0. The van der Waals surface area contributed by atoms with Gasteiger partial charge in [-0.3, -0.25) is 9.59 Å². The van der Waals surface area contributed by atoms with Crippen LogP contribution in [0.15, 0.2) is 54.6 Å². The number of para-hydroxylation sites is 1. The largest absolute Gasteiger partial charge is 0.366 e. The normalized spacial score (nSPS) is 11.5. The van der Waals surface area contributed by atoms with Crippen LogP contribution < -0.4 is 21.7 Å². The Hall–Kier alpha value is -3.35. The molecule has 2 aromatic carbocycles. The van der Waals surface area contributed by atoms with Gasteiger partial charge in [0.1, 0.15) is 6.04 Å². The van der Waals surface area contributed by atoms with Crippen LogP contribution >= 0.6 is 0 Å². The monoisotopic (exact) mass is 368 g/mol. The fourth-order valence-corrected chi connectivity index (χ4v) is 2.50. The molecule has 5 N–H and O–H groups in total. The van der Waals surface area contributed by atoms with Crippen molar-refractivity contribution < 1.29 is 14.4 Å². The summed E-state index contributed by atoms with van der Waals surface area (Å²) in [5.41, 5.74) is 7.03. The Bertz CT molecular complexity index is 806. The Kier molecular flexibility index (Phi) is 6.93. The molecule has 2 rings (SSSR count). The van der Waals surface area contributed by atoms with E-state index in [1.54, 1.807) is 36.4 Å². The van der Waals surface area contributed by atoms with E-state index in [1.165, 1.54) is 0 Å². The van der Waals surface area contributed by atoms with Gasteiger partial charge in [0.05, 0.1) is 0 Å². The molecule has 27 heavy (non-hydrogen) atoms. The molecule has 0 aliphatic heterocycles. The highest BCUT2D eigenvalue weighted by molar-refractivity contribution is 5.94. The smallest absolute Gasteiger partial charge is 0.319 e. The summed E-state index contributed by atoms with van der Waals surface area (Å²) in [5, 5.41) is 8.17. The zero-order valence-corrected chi connectivity index (χ0v) is 15.4. The third-order valence-electron chi connectivity index (χ3n) is 3.95. The summed E-state index contributed by atoms with van der Waals surface area (Å²) in [5.74, 6) is -0.941. The number of nitrogens with one attached hydrogen (secondary N) is 3. The Balaban J connectivity index is 1.95. The first-order valence-electron chi connectivity index (χ1n) is 8.66. The summed E-state index contributed by atoms with van der Waals surface area (Å²) < 4.78 is 0. The summed E-state index contributed by atoms with van der Waals surface area (Å²) in [6.45, 7) is 3.92. The fraction of sp³-hybridized carbons (Fsp3) is 0.250. The maximum absolute atomic E-state index is 12.5. The van der Waals surface area contributed by atoms with Crippen molar-refractivity contribution in [2.45, 2.75) is 26.4 Å². The Morgan fingerprint density at radius 2 is 1.70 bits per heavy atom. The van der Waals surface area contributed by atoms with Gasteiger partial charge in [0, 0.05) is 17.8 Å². The maximum Gasteiger partial charge on any atom is 0.319 e. The fourth-order valence-electron chi connectivity index (χ4n) is 2.50. The minimum atomic E-state index is -0.701. The van der Waals surface area contributed by atoms with Gasteiger partial charge < -0.3 is 21.7 Å². The van der Waals surface area contributed by atoms with Crippen molar-refractivity contribution in [3.63, 3.8) is 0 Å². The van der Waals surface area contributed by atoms with E-state index in [2.05, 4.69) is 16.0 Å². The molecule has 0 fully saturated rings. The summed E-state index contributed by atoms with van der Waals surface area (Å²) in [6, 6.07) is 14.6. The third kappa shape index (κ3) is 6.14. The van der Waals surface area contributed by atoms with Crippen LogP contribution in [0.1, 0.15) is 29.8 Å². The maximum atomic E-state index is 12.5. The molecule has 0 aromatic heterocycles. The second-order valence-corrected chi connectivity index (χ2v) is 6.47. The Morgan fingerprint density at radius 1 is 1.00 bits per heavy atom. The van der Waals surface area contributed by atoms with Gasteiger partial charge in [-0.15, -0.1) is 0 Å². The molecule has 0 spiro atoms. The number of amides is 4. The Morgan fingerprint density at radius 3 is 2.33 bits per heavy atom. The number of primary amides is 1. The van der Waals surface area contributed by atoms with Crippen LogP contribution in [0.5, 0.6) is 0 Å². The molecule has 0 saturated carbocycles. The van der Waals surface area contributed by atoms with Crippen molar-refractivity contribution in [2.75, 3.05) is 5.32 Å². The first-order chi connectivity index (χ1) is 12.9. The number of benzene rings is 2. The molecule has 0 aliphatic rings. The lowest BCUT2D eigenvalue weighted by molar-refractivity contribution is -0.124. The van der Waals surface area contributed by atoms with Gasteiger partial charge in [0.2, 0.25) is 11.8 Å². The molecule has 0 saturated heterocycles. The lowest BCUT2D eigenvalue weighted by Crippen LogP contribution is -2.50. The molecule has 0 radical (unpaired) electrons. The zero-order chi connectivity index (χ0) is 19.8. The van der Waals surface area contributed by atoms with Gasteiger partial charge in [-0.25, -0.2) is 4.79 Å². The van der Waals surface area contributed by atoms with Crippen LogP contribution in [-0.4, -0.2) is 23.9 Å². The lowest BCUT2D eigenvalue weighted by Gasteiger charge is -2.22. The number of hydrogen-bond donors (Lipinski definition) is 4. The van der Waals surface area contributed by atoms with E-state index in [1.807, 2.05) is 32.0 Å². The molecular formula is C20H24N4O3. The first-order valence-corrected chi connectivity index (χ1v) is 8.66. The van der Waals surface area contributed by atoms with Gasteiger partial charge in [0.15, 0.2) is 0 Å². The van der Waals surface area contributed by atoms with E-state index in [4.69, 9.17) is 5.73 Å². The average molecular weight is 368 g/mol. The van der Waals surface area contributed by atoms with Gasteiger partial charge in [-0.05, 0) is 35.7 Å². The average Bonchev–Trinajstić information content (AvgIpc) is 2.65. The van der Waals surface area contributed by atoms with Crippen molar-refractivity contribution in [1.29, 1.82) is 0 Å². The van der Waals surface area contributed by atoms with E-state index in [0.29, 0.717) is 11.3 Å². The quantitative estimate of drug-likeness (QED) is 0.601. The number of rotatable bonds is 7. The van der Waals surface area contributed by atoms with Gasteiger partial charge in [0.25, 0.3) is 0 Å². The standard InChI is InChI=1S/C20H24N4O3/c1-13(2)17(24-20(27)23-16-9-4-3-5-10-16)19(26)22-12-14-7-6-8-15(11-14)18(21)25/h3-11,13,17H,12H2,1-2H3,(H2,21,25)(H,22,26)(H2,23,24,27). The van der Waals surface area contributed by atoms with Crippen molar-refractivity contribution in [1.82, 2.24) is 10.6 Å². The summed E-state index contributed by atoms with van der Waals surface area (Å²) in [6.07, 6.45) is 0. The minimum Gasteiger partial charge on any atom is -0.366 e. The molecule has 7 nitrogen and oxygen atoms in total. The van der Waals surface area contributed by atoms with Crippen molar-refractivity contribution in [2.24, 2.45) is 11.7 Å². The number of carbonyl (C=O) groups excluding carboxylic acids is 3. The second kappa shape index (κ2) is 9.38. The highest BCUT2D eigenvalue weighted by Crippen LogP contribution is 2.08. The first kappa shape index (κ1) is 20.0. The van der Waals surface area contributed by atoms with Crippen molar-refractivity contribution in [3.8, 4) is 0 Å².